The van der Waals surface area contributed by atoms with Crippen molar-refractivity contribution in [3.63, 3.8) is 0 Å². The summed E-state index contributed by atoms with van der Waals surface area (Å²) in [7, 11) is 0. The second kappa shape index (κ2) is 5.84. The average Bonchev–Trinajstić information content (AvgIpc) is 2.73. The van der Waals surface area contributed by atoms with Gasteiger partial charge in [-0.1, -0.05) is 18.7 Å². The van der Waals surface area contributed by atoms with E-state index in [1.807, 2.05) is 33.2 Å². The SMILES string of the molecule is CSc1ncc2c(n1)N(C(=O)OC(C)(C)C)[C@@H]1CC(C)(C)OC[C@]21C. The van der Waals surface area contributed by atoms with Crippen molar-refractivity contribution < 1.29 is 14.3 Å². The summed E-state index contributed by atoms with van der Waals surface area (Å²) in [6, 6.07) is -0.0625. The van der Waals surface area contributed by atoms with Crippen molar-refractivity contribution in [1.82, 2.24) is 9.97 Å². The fourth-order valence-corrected chi connectivity index (χ4v) is 3.88. The van der Waals surface area contributed by atoms with Crippen LogP contribution in [0.3, 0.4) is 0 Å². The van der Waals surface area contributed by atoms with Gasteiger partial charge in [0.15, 0.2) is 5.16 Å². The van der Waals surface area contributed by atoms with E-state index in [-0.39, 0.29) is 23.2 Å². The molecule has 0 spiro atoms. The van der Waals surface area contributed by atoms with Crippen LogP contribution in [0.25, 0.3) is 0 Å². The Hall–Kier alpha value is -1.34. The molecule has 0 aromatic carbocycles. The molecule has 0 aliphatic carbocycles. The Morgan fingerprint density at radius 1 is 1.40 bits per heavy atom. The second-order valence-corrected chi connectivity index (χ2v) is 9.40. The second-order valence-electron chi connectivity index (χ2n) is 8.63. The van der Waals surface area contributed by atoms with E-state index in [9.17, 15) is 4.79 Å². The zero-order chi connectivity index (χ0) is 18.6. The maximum Gasteiger partial charge on any atom is 0.416 e. The first-order valence-corrected chi connectivity index (χ1v) is 9.77. The Morgan fingerprint density at radius 2 is 2.08 bits per heavy atom. The van der Waals surface area contributed by atoms with Gasteiger partial charge in [-0.3, -0.25) is 4.90 Å². The fourth-order valence-electron chi connectivity index (χ4n) is 3.54. The highest BCUT2D eigenvalue weighted by Gasteiger charge is 2.57. The standard InChI is InChI=1S/C18H27N3O3S/c1-16(2,3)24-15(22)21-12-8-17(4,5)23-10-18(12,6)11-9-19-14(25-7)20-13(11)21/h9,12H,8,10H2,1-7H3/t12-,18-/m1/s1. The smallest absolute Gasteiger partial charge is 0.416 e. The van der Waals surface area contributed by atoms with Gasteiger partial charge in [-0.05, 0) is 47.3 Å². The van der Waals surface area contributed by atoms with Crippen LogP contribution in [0.5, 0.6) is 0 Å². The van der Waals surface area contributed by atoms with Crippen LogP contribution in [-0.4, -0.2) is 46.2 Å². The van der Waals surface area contributed by atoms with Crippen molar-refractivity contribution in [3.05, 3.63) is 11.8 Å². The van der Waals surface area contributed by atoms with Crippen LogP contribution in [0.1, 0.15) is 53.5 Å². The van der Waals surface area contributed by atoms with E-state index in [1.54, 1.807) is 4.90 Å². The molecule has 3 rings (SSSR count). The summed E-state index contributed by atoms with van der Waals surface area (Å²) in [4.78, 5) is 23.8. The number of hydrogen-bond donors (Lipinski definition) is 0. The number of aromatic nitrogens is 2. The normalized spacial score (nSPS) is 27.6. The van der Waals surface area contributed by atoms with E-state index in [4.69, 9.17) is 9.47 Å². The lowest BCUT2D eigenvalue weighted by molar-refractivity contribution is -0.0904. The number of rotatable bonds is 1. The minimum atomic E-state index is -0.563. The molecule has 6 nitrogen and oxygen atoms in total. The number of carbonyl (C=O) groups excluding carboxylic acids is 1. The lowest BCUT2D eigenvalue weighted by Gasteiger charge is -2.45. The molecule has 138 valence electrons. The third-order valence-electron chi connectivity index (χ3n) is 4.86. The first kappa shape index (κ1) is 18.5. The van der Waals surface area contributed by atoms with E-state index in [0.29, 0.717) is 24.0 Å². The van der Waals surface area contributed by atoms with Crippen LogP contribution >= 0.6 is 11.8 Å². The zero-order valence-corrected chi connectivity index (χ0v) is 16.9. The molecule has 2 atom stereocenters. The molecule has 1 fully saturated rings. The number of nitrogens with zero attached hydrogens (tertiary/aromatic N) is 3. The highest BCUT2D eigenvalue weighted by atomic mass is 32.2. The van der Waals surface area contributed by atoms with Crippen molar-refractivity contribution in [2.75, 3.05) is 17.8 Å². The molecular weight excluding hydrogens is 338 g/mol. The van der Waals surface area contributed by atoms with Gasteiger partial charge in [0.1, 0.15) is 11.4 Å². The van der Waals surface area contributed by atoms with Gasteiger partial charge < -0.3 is 9.47 Å². The summed E-state index contributed by atoms with van der Waals surface area (Å²) in [6.07, 6.45) is 4.13. The van der Waals surface area contributed by atoms with Crippen molar-refractivity contribution >= 4 is 23.7 Å². The molecule has 1 aromatic heterocycles. The topological polar surface area (TPSA) is 64.6 Å². The van der Waals surface area contributed by atoms with Crippen LogP contribution in [0.15, 0.2) is 11.4 Å². The van der Waals surface area contributed by atoms with Crippen LogP contribution in [0, 0.1) is 0 Å². The fraction of sp³-hybridized carbons (Fsp3) is 0.722. The summed E-state index contributed by atoms with van der Waals surface area (Å²) in [5.74, 6) is 0.655. The number of fused-ring (bicyclic) bond motifs is 3. The number of thioether (sulfide) groups is 1. The van der Waals surface area contributed by atoms with Crippen LogP contribution < -0.4 is 4.90 Å². The van der Waals surface area contributed by atoms with Gasteiger partial charge >= 0.3 is 6.09 Å². The van der Waals surface area contributed by atoms with E-state index < -0.39 is 5.60 Å². The average molecular weight is 365 g/mol. The van der Waals surface area contributed by atoms with Gasteiger partial charge in [0.05, 0.1) is 18.2 Å². The molecule has 25 heavy (non-hydrogen) atoms. The minimum absolute atomic E-state index is 0.0625. The molecule has 1 amide bonds. The Bertz CT molecular complexity index is 701. The third kappa shape index (κ3) is 3.24. The van der Waals surface area contributed by atoms with Gasteiger partial charge in [0.25, 0.3) is 0 Å². The largest absolute Gasteiger partial charge is 0.443 e. The van der Waals surface area contributed by atoms with Gasteiger partial charge in [-0.25, -0.2) is 14.8 Å². The molecule has 1 saturated heterocycles. The first-order chi connectivity index (χ1) is 11.5. The Labute approximate surface area is 153 Å². The molecule has 3 heterocycles. The molecule has 0 bridgehead atoms. The summed E-state index contributed by atoms with van der Waals surface area (Å²) >= 11 is 1.46. The number of amides is 1. The molecule has 0 unspecified atom stereocenters. The highest BCUT2D eigenvalue weighted by Crippen LogP contribution is 2.50. The highest BCUT2D eigenvalue weighted by molar-refractivity contribution is 7.98. The summed E-state index contributed by atoms with van der Waals surface area (Å²) < 4.78 is 11.8. The maximum absolute atomic E-state index is 13.0. The molecule has 0 saturated carbocycles. The Balaban J connectivity index is 2.09. The Morgan fingerprint density at radius 3 is 2.68 bits per heavy atom. The number of carbonyl (C=O) groups is 1. The predicted molar refractivity (Wildman–Crippen MR) is 98.3 cm³/mol. The predicted octanol–water partition coefficient (Wildman–Crippen LogP) is 3.78. The summed E-state index contributed by atoms with van der Waals surface area (Å²) in [5, 5.41) is 0.648. The lowest BCUT2D eigenvalue weighted by atomic mass is 9.74. The molecular formula is C18H27N3O3S. The van der Waals surface area contributed by atoms with Gasteiger partial charge in [0.2, 0.25) is 0 Å². The molecule has 0 N–H and O–H groups in total. The number of anilines is 1. The molecule has 0 radical (unpaired) electrons. The van der Waals surface area contributed by atoms with E-state index in [2.05, 4.69) is 30.7 Å². The Kier molecular flexibility index (Phi) is 4.31. The van der Waals surface area contributed by atoms with Gasteiger partial charge in [-0.15, -0.1) is 0 Å². The number of ether oxygens (including phenoxy) is 2. The van der Waals surface area contributed by atoms with Crippen LogP contribution in [0.4, 0.5) is 10.6 Å². The lowest BCUT2D eigenvalue weighted by Crippen LogP contribution is -2.57. The van der Waals surface area contributed by atoms with Gasteiger partial charge in [-0.2, -0.15) is 0 Å². The molecule has 1 aromatic rings. The minimum Gasteiger partial charge on any atom is -0.443 e. The monoisotopic (exact) mass is 365 g/mol. The maximum atomic E-state index is 13.0. The van der Waals surface area contributed by atoms with Crippen molar-refractivity contribution in [1.29, 1.82) is 0 Å². The first-order valence-electron chi connectivity index (χ1n) is 8.54. The van der Waals surface area contributed by atoms with Crippen molar-refractivity contribution in [2.24, 2.45) is 0 Å². The van der Waals surface area contributed by atoms with Crippen LogP contribution in [-0.2, 0) is 14.9 Å². The van der Waals surface area contributed by atoms with Crippen molar-refractivity contribution in [3.8, 4) is 0 Å². The molecule has 7 heteroatoms. The number of hydrogen-bond acceptors (Lipinski definition) is 6. The molecule has 2 aliphatic heterocycles. The molecule has 2 aliphatic rings. The van der Waals surface area contributed by atoms with E-state index >= 15 is 0 Å². The van der Waals surface area contributed by atoms with Crippen molar-refractivity contribution in [2.45, 2.75) is 75.8 Å². The van der Waals surface area contributed by atoms with Gasteiger partial charge in [0, 0.05) is 17.2 Å². The van der Waals surface area contributed by atoms with Crippen LogP contribution in [0.2, 0.25) is 0 Å². The van der Waals surface area contributed by atoms with E-state index in [0.717, 1.165) is 5.56 Å². The quantitative estimate of drug-likeness (QED) is 0.557. The third-order valence-corrected chi connectivity index (χ3v) is 5.42. The summed E-state index contributed by atoms with van der Waals surface area (Å²) in [6.45, 7) is 12.4. The van der Waals surface area contributed by atoms with E-state index in [1.165, 1.54) is 11.8 Å². The zero-order valence-electron chi connectivity index (χ0n) is 16.0. The summed E-state index contributed by atoms with van der Waals surface area (Å²) in [5.41, 5.74) is -0.246.